The third kappa shape index (κ3) is 5.61. The average Bonchev–Trinajstić information content (AvgIpc) is 2.76. The molecule has 2 atom stereocenters. The Hall–Kier alpha value is -2.75. The predicted octanol–water partition coefficient (Wildman–Crippen LogP) is 5.67. The summed E-state index contributed by atoms with van der Waals surface area (Å²) in [5.41, 5.74) is -1.33. The fraction of sp³-hybridized carbons (Fsp3) is 0.435. The number of halogens is 6. The van der Waals surface area contributed by atoms with E-state index in [1.807, 2.05) is 31.2 Å². The first-order valence-electron chi connectivity index (χ1n) is 10.4. The van der Waals surface area contributed by atoms with Gasteiger partial charge in [0.05, 0.1) is 11.1 Å². The number of nitrogens with one attached hydrogen (secondary N) is 1. The standard InChI is InChI=1S/C23H25F6N3O/c1-14-4-6-15(7-5-14)19-13-30-9-8-20(19)32(3)21(33)31(2)18-11-16(22(24,25)26)10-17(12-18)23(27,28)29/h4-7,10-12,19-20,30H,8-9,13H2,1-3H3/t19-,20+/m0/s1. The molecule has 33 heavy (non-hydrogen) atoms. The fourth-order valence-electron chi connectivity index (χ4n) is 4.08. The van der Waals surface area contributed by atoms with Crippen molar-refractivity contribution in [3.8, 4) is 0 Å². The maximum atomic E-state index is 13.2. The number of rotatable bonds is 3. The van der Waals surface area contributed by atoms with Crippen molar-refractivity contribution in [2.45, 2.75) is 37.7 Å². The molecule has 10 heteroatoms. The third-order valence-electron chi connectivity index (χ3n) is 6.00. The van der Waals surface area contributed by atoms with Gasteiger partial charge in [0.15, 0.2) is 0 Å². The number of nitrogens with zero attached hydrogens (tertiary/aromatic N) is 2. The summed E-state index contributed by atoms with van der Waals surface area (Å²) in [6.45, 7) is 3.18. The number of piperidine rings is 1. The van der Waals surface area contributed by atoms with Crippen LogP contribution in [0.3, 0.4) is 0 Å². The Morgan fingerprint density at radius 3 is 2.00 bits per heavy atom. The van der Waals surface area contributed by atoms with Crippen molar-refractivity contribution in [3.05, 3.63) is 64.7 Å². The predicted molar refractivity (Wildman–Crippen MR) is 113 cm³/mol. The number of carbonyl (C=O) groups is 1. The molecule has 2 aromatic carbocycles. The Balaban J connectivity index is 1.91. The highest BCUT2D eigenvalue weighted by molar-refractivity contribution is 5.91. The van der Waals surface area contributed by atoms with Crippen molar-refractivity contribution >= 4 is 11.7 Å². The number of anilines is 1. The van der Waals surface area contributed by atoms with Crippen LogP contribution < -0.4 is 10.2 Å². The molecule has 4 nitrogen and oxygen atoms in total. The zero-order chi connectivity index (χ0) is 24.6. The van der Waals surface area contributed by atoms with E-state index in [-0.39, 0.29) is 18.0 Å². The number of hydrogen-bond acceptors (Lipinski definition) is 2. The van der Waals surface area contributed by atoms with Gasteiger partial charge in [-0.25, -0.2) is 4.79 Å². The number of aryl methyl sites for hydroxylation is 1. The van der Waals surface area contributed by atoms with E-state index in [9.17, 15) is 31.1 Å². The van der Waals surface area contributed by atoms with Gasteiger partial charge in [0.25, 0.3) is 0 Å². The molecule has 1 aliphatic rings. The minimum atomic E-state index is -4.99. The minimum absolute atomic E-state index is 0.0474. The largest absolute Gasteiger partial charge is 0.416 e. The van der Waals surface area contributed by atoms with E-state index < -0.39 is 35.2 Å². The van der Waals surface area contributed by atoms with Crippen LogP contribution in [0.1, 0.15) is 34.6 Å². The molecule has 2 aromatic rings. The van der Waals surface area contributed by atoms with E-state index in [0.717, 1.165) is 16.0 Å². The molecule has 0 aromatic heterocycles. The molecule has 1 N–H and O–H groups in total. The van der Waals surface area contributed by atoms with Gasteiger partial charge in [-0.1, -0.05) is 29.8 Å². The smallest absolute Gasteiger partial charge is 0.324 e. The summed E-state index contributed by atoms with van der Waals surface area (Å²) < 4.78 is 79.4. The van der Waals surface area contributed by atoms with E-state index in [4.69, 9.17) is 0 Å². The monoisotopic (exact) mass is 473 g/mol. The molecule has 1 fully saturated rings. The van der Waals surface area contributed by atoms with Gasteiger partial charge < -0.3 is 10.2 Å². The summed E-state index contributed by atoms with van der Waals surface area (Å²) >= 11 is 0. The van der Waals surface area contributed by atoms with Crippen LogP contribution in [0.2, 0.25) is 0 Å². The first-order chi connectivity index (χ1) is 15.3. The Kier molecular flexibility index (Phi) is 6.97. The maximum Gasteiger partial charge on any atom is 0.416 e. The summed E-state index contributed by atoms with van der Waals surface area (Å²) in [5.74, 6) is -0.0751. The lowest BCUT2D eigenvalue weighted by molar-refractivity contribution is -0.143. The molecule has 180 valence electrons. The number of likely N-dealkylation sites (N-methyl/N-ethyl adjacent to an activating group) is 1. The second-order valence-electron chi connectivity index (χ2n) is 8.29. The molecule has 1 saturated heterocycles. The highest BCUT2D eigenvalue weighted by Crippen LogP contribution is 2.38. The van der Waals surface area contributed by atoms with Gasteiger partial charge in [0.1, 0.15) is 0 Å². The lowest BCUT2D eigenvalue weighted by Crippen LogP contribution is -2.52. The molecule has 1 aliphatic heterocycles. The van der Waals surface area contributed by atoms with E-state index >= 15 is 0 Å². The van der Waals surface area contributed by atoms with Crippen molar-refractivity contribution in [2.75, 3.05) is 32.1 Å². The number of carbonyl (C=O) groups excluding carboxylic acids is 1. The number of hydrogen-bond donors (Lipinski definition) is 1. The normalized spacial score (nSPS) is 19.3. The van der Waals surface area contributed by atoms with Crippen molar-refractivity contribution in [1.29, 1.82) is 0 Å². The van der Waals surface area contributed by atoms with Gasteiger partial charge in [-0.3, -0.25) is 4.90 Å². The van der Waals surface area contributed by atoms with Gasteiger partial charge in [-0.05, 0) is 43.7 Å². The molecule has 0 radical (unpaired) electrons. The number of alkyl halides is 6. The average molecular weight is 473 g/mol. The molecule has 1 heterocycles. The summed E-state index contributed by atoms with van der Waals surface area (Å²) in [5, 5.41) is 3.28. The Morgan fingerprint density at radius 1 is 0.939 bits per heavy atom. The molecule has 0 unspecified atom stereocenters. The van der Waals surface area contributed by atoms with Gasteiger partial charge in [-0.15, -0.1) is 0 Å². The minimum Gasteiger partial charge on any atom is -0.324 e. The van der Waals surface area contributed by atoms with Gasteiger partial charge >= 0.3 is 18.4 Å². The molecular weight excluding hydrogens is 448 g/mol. The quantitative estimate of drug-likeness (QED) is 0.584. The fourth-order valence-corrected chi connectivity index (χ4v) is 4.08. The highest BCUT2D eigenvalue weighted by atomic mass is 19.4. The Morgan fingerprint density at radius 2 is 1.48 bits per heavy atom. The topological polar surface area (TPSA) is 35.6 Å². The van der Waals surface area contributed by atoms with Crippen LogP contribution in [0.15, 0.2) is 42.5 Å². The van der Waals surface area contributed by atoms with Gasteiger partial charge in [-0.2, -0.15) is 26.3 Å². The summed E-state index contributed by atoms with van der Waals surface area (Å²) in [6.07, 6.45) is -9.39. The van der Waals surface area contributed by atoms with Crippen LogP contribution >= 0.6 is 0 Å². The molecule has 0 spiro atoms. The molecule has 0 saturated carbocycles. The van der Waals surface area contributed by atoms with Gasteiger partial charge in [0.2, 0.25) is 0 Å². The Labute approximate surface area is 188 Å². The van der Waals surface area contributed by atoms with Crippen LogP contribution in [-0.2, 0) is 12.4 Å². The number of amides is 2. The van der Waals surface area contributed by atoms with Crippen molar-refractivity contribution in [3.63, 3.8) is 0 Å². The summed E-state index contributed by atoms with van der Waals surface area (Å²) in [7, 11) is 2.70. The first-order valence-corrected chi connectivity index (χ1v) is 10.4. The SMILES string of the molecule is Cc1ccc([C@@H]2CNCC[C@H]2N(C)C(=O)N(C)c2cc(C(F)(F)F)cc(C(F)(F)F)c2)cc1. The lowest BCUT2D eigenvalue weighted by atomic mass is 9.86. The first kappa shape index (κ1) is 24.9. The third-order valence-corrected chi connectivity index (χ3v) is 6.00. The molecule has 2 amide bonds. The van der Waals surface area contributed by atoms with Crippen LogP contribution in [0.5, 0.6) is 0 Å². The summed E-state index contributed by atoms with van der Waals surface area (Å²) in [4.78, 5) is 15.4. The van der Waals surface area contributed by atoms with Crippen molar-refractivity contribution in [1.82, 2.24) is 10.2 Å². The molecular formula is C23H25F6N3O. The van der Waals surface area contributed by atoms with Crippen molar-refractivity contribution < 1.29 is 31.1 Å². The van der Waals surface area contributed by atoms with Crippen molar-refractivity contribution in [2.24, 2.45) is 0 Å². The second-order valence-corrected chi connectivity index (χ2v) is 8.29. The van der Waals surface area contributed by atoms with Crippen LogP contribution in [0.4, 0.5) is 36.8 Å². The zero-order valence-electron chi connectivity index (χ0n) is 18.4. The number of benzene rings is 2. The number of urea groups is 1. The molecule has 0 bridgehead atoms. The van der Waals surface area contributed by atoms with Crippen LogP contribution in [0.25, 0.3) is 0 Å². The van der Waals surface area contributed by atoms with Gasteiger partial charge in [0, 0.05) is 38.3 Å². The van der Waals surface area contributed by atoms with E-state index in [1.54, 1.807) is 0 Å². The zero-order valence-corrected chi connectivity index (χ0v) is 18.4. The van der Waals surface area contributed by atoms with Crippen LogP contribution in [-0.4, -0.2) is 44.2 Å². The second kappa shape index (κ2) is 9.24. The molecule has 0 aliphatic carbocycles. The van der Waals surface area contributed by atoms with E-state index in [1.165, 1.54) is 19.0 Å². The molecule has 3 rings (SSSR count). The lowest BCUT2D eigenvalue weighted by Gasteiger charge is -2.40. The van der Waals surface area contributed by atoms with E-state index in [0.29, 0.717) is 31.6 Å². The van der Waals surface area contributed by atoms with E-state index in [2.05, 4.69) is 5.32 Å². The highest BCUT2D eigenvalue weighted by Gasteiger charge is 2.38. The maximum absolute atomic E-state index is 13.2. The summed E-state index contributed by atoms with van der Waals surface area (Å²) in [6, 6.07) is 8.03. The van der Waals surface area contributed by atoms with Crippen LogP contribution in [0, 0.1) is 6.92 Å². The Bertz CT molecular complexity index is 955.